The second-order valence-electron chi connectivity index (χ2n) is 17.8. The summed E-state index contributed by atoms with van der Waals surface area (Å²) < 4.78 is 6.97. The van der Waals surface area contributed by atoms with Gasteiger partial charge in [0, 0.05) is 41.6 Å². The summed E-state index contributed by atoms with van der Waals surface area (Å²) in [6, 6.07) is 83.8. The van der Waals surface area contributed by atoms with Crippen LogP contribution in [0, 0.1) is 0 Å². The van der Waals surface area contributed by atoms with Crippen LogP contribution < -0.4 is 4.90 Å². The fourth-order valence-electron chi connectivity index (χ4n) is 12.4. The lowest BCUT2D eigenvalue weighted by Crippen LogP contribution is -2.32. The van der Waals surface area contributed by atoms with E-state index < -0.39 is 10.8 Å². The standard InChI is InChI=1S/C62H37NOS2/c1-4-21-44-39(17-1)43-37-38(35-36-46(43)61(44)47-23-6-11-31-55(47)65-56-32-12-7-24-48(56)61)63(53-29-15-20-41-40-18-3-10-30-54(40)64-60(41)53)52-28-16-27-51-59(52)42-19-2-5-22-45(42)62(51)49-25-8-13-33-57(49)66-58-34-14-9-26-50(58)62/h1-37H. The van der Waals surface area contributed by atoms with Crippen molar-refractivity contribution in [3.05, 3.63) is 269 Å². The van der Waals surface area contributed by atoms with Gasteiger partial charge in [-0.05, 0) is 116 Å². The van der Waals surface area contributed by atoms with E-state index in [-0.39, 0.29) is 0 Å². The Balaban J connectivity index is 1.05. The predicted octanol–water partition coefficient (Wildman–Crippen LogP) is 16.7. The van der Waals surface area contributed by atoms with Crippen LogP contribution in [0.15, 0.2) is 248 Å². The number of nitrogens with zero attached hydrogens (tertiary/aromatic N) is 1. The van der Waals surface area contributed by atoms with E-state index in [9.17, 15) is 0 Å². The molecular weight excluding hydrogens is 839 g/mol. The first-order valence-electron chi connectivity index (χ1n) is 22.7. The number of benzene rings is 10. The Kier molecular flexibility index (Phi) is 7.54. The first kappa shape index (κ1) is 36.8. The molecule has 0 amide bonds. The second kappa shape index (κ2) is 13.5. The van der Waals surface area contributed by atoms with E-state index in [2.05, 4.69) is 229 Å². The molecule has 308 valence electrons. The predicted molar refractivity (Wildman–Crippen MR) is 271 cm³/mol. The zero-order valence-corrected chi connectivity index (χ0v) is 37.2. The van der Waals surface area contributed by atoms with Crippen LogP contribution in [0.25, 0.3) is 44.2 Å². The van der Waals surface area contributed by atoms with E-state index in [1.807, 2.05) is 23.5 Å². The first-order chi connectivity index (χ1) is 32.7. The molecule has 4 aliphatic rings. The number of furan rings is 1. The largest absolute Gasteiger partial charge is 0.454 e. The number of hydrogen-bond acceptors (Lipinski definition) is 4. The number of para-hydroxylation sites is 2. The fourth-order valence-corrected chi connectivity index (χ4v) is 14.8. The molecule has 3 heterocycles. The molecule has 66 heavy (non-hydrogen) atoms. The van der Waals surface area contributed by atoms with Crippen molar-refractivity contribution < 1.29 is 4.42 Å². The Morgan fingerprint density at radius 1 is 0.333 bits per heavy atom. The molecule has 0 saturated carbocycles. The lowest BCUT2D eigenvalue weighted by Gasteiger charge is -2.40. The molecule has 0 fully saturated rings. The minimum absolute atomic E-state index is 0.467. The summed E-state index contributed by atoms with van der Waals surface area (Å²) in [6.45, 7) is 0. The fraction of sp³-hybridized carbons (Fsp3) is 0.0323. The Hall–Kier alpha value is -7.50. The van der Waals surface area contributed by atoms with E-state index in [4.69, 9.17) is 4.42 Å². The molecule has 10 aromatic carbocycles. The van der Waals surface area contributed by atoms with Crippen molar-refractivity contribution in [1.82, 2.24) is 0 Å². The van der Waals surface area contributed by atoms with E-state index in [0.717, 1.165) is 39.0 Å². The van der Waals surface area contributed by atoms with Gasteiger partial charge in [0.05, 0.1) is 22.2 Å². The summed E-state index contributed by atoms with van der Waals surface area (Å²) in [6.07, 6.45) is 0. The van der Waals surface area contributed by atoms with Crippen LogP contribution in [0.2, 0.25) is 0 Å². The lowest BCUT2D eigenvalue weighted by molar-refractivity contribution is 0.669. The minimum Gasteiger partial charge on any atom is -0.454 e. The third kappa shape index (κ3) is 4.60. The first-order valence-corrected chi connectivity index (χ1v) is 24.3. The van der Waals surface area contributed by atoms with Gasteiger partial charge in [0.15, 0.2) is 5.58 Å². The van der Waals surface area contributed by atoms with Gasteiger partial charge >= 0.3 is 0 Å². The van der Waals surface area contributed by atoms with Crippen LogP contribution in [0.3, 0.4) is 0 Å². The topological polar surface area (TPSA) is 16.4 Å². The van der Waals surface area contributed by atoms with Gasteiger partial charge in [-0.25, -0.2) is 0 Å². The maximum atomic E-state index is 6.97. The SMILES string of the molecule is c1ccc2c(c1)Sc1ccccc1C21c2ccccc2-c2cc(N(c3cccc4c3-c3ccccc3C43c4ccccc4Sc4ccccc43)c3cccc4c3oc3ccccc34)ccc21. The molecule has 0 bridgehead atoms. The highest BCUT2D eigenvalue weighted by atomic mass is 32.2. The number of anilines is 3. The van der Waals surface area contributed by atoms with Gasteiger partial charge < -0.3 is 9.32 Å². The van der Waals surface area contributed by atoms with E-state index in [1.54, 1.807) is 0 Å². The molecule has 11 aromatic rings. The Morgan fingerprint density at radius 2 is 0.788 bits per heavy atom. The van der Waals surface area contributed by atoms with Crippen LogP contribution >= 0.6 is 23.5 Å². The minimum atomic E-state index is -0.513. The summed E-state index contributed by atoms with van der Waals surface area (Å²) in [5.74, 6) is 0. The molecule has 15 rings (SSSR count). The van der Waals surface area contributed by atoms with Gasteiger partial charge in [-0.3, -0.25) is 0 Å². The van der Waals surface area contributed by atoms with Crippen molar-refractivity contribution in [2.24, 2.45) is 0 Å². The van der Waals surface area contributed by atoms with Crippen molar-refractivity contribution in [1.29, 1.82) is 0 Å². The highest BCUT2D eigenvalue weighted by Gasteiger charge is 2.52. The third-order valence-corrected chi connectivity index (χ3v) is 17.1. The molecule has 0 saturated heterocycles. The number of fused-ring (bicyclic) bond motifs is 21. The molecule has 2 aliphatic heterocycles. The van der Waals surface area contributed by atoms with Gasteiger partial charge in [-0.15, -0.1) is 0 Å². The molecule has 2 nitrogen and oxygen atoms in total. The molecular formula is C62H37NOS2. The summed E-state index contributed by atoms with van der Waals surface area (Å²) in [5, 5.41) is 2.21. The molecule has 2 aliphatic carbocycles. The summed E-state index contributed by atoms with van der Waals surface area (Å²) in [5.41, 5.74) is 19.5. The molecule has 0 unspecified atom stereocenters. The number of hydrogen-bond donors (Lipinski definition) is 0. The maximum Gasteiger partial charge on any atom is 0.159 e. The molecule has 0 N–H and O–H groups in total. The maximum absolute atomic E-state index is 6.97. The molecule has 2 spiro atoms. The zero-order chi connectivity index (χ0) is 43.1. The molecule has 1 aromatic heterocycles. The smallest absolute Gasteiger partial charge is 0.159 e. The van der Waals surface area contributed by atoms with Gasteiger partial charge in [0.2, 0.25) is 0 Å². The zero-order valence-electron chi connectivity index (χ0n) is 35.5. The highest BCUT2D eigenvalue weighted by Crippen LogP contribution is 2.66. The van der Waals surface area contributed by atoms with E-state index >= 15 is 0 Å². The van der Waals surface area contributed by atoms with Gasteiger partial charge in [0.1, 0.15) is 5.58 Å². The van der Waals surface area contributed by atoms with Crippen molar-refractivity contribution in [3.8, 4) is 22.3 Å². The summed E-state index contributed by atoms with van der Waals surface area (Å²) in [4.78, 5) is 7.70. The van der Waals surface area contributed by atoms with Crippen molar-refractivity contribution in [2.45, 2.75) is 30.4 Å². The second-order valence-corrected chi connectivity index (χ2v) is 20.0. The van der Waals surface area contributed by atoms with E-state index in [0.29, 0.717) is 0 Å². The van der Waals surface area contributed by atoms with Crippen LogP contribution in [0.4, 0.5) is 17.1 Å². The molecule has 0 atom stereocenters. The van der Waals surface area contributed by atoms with E-state index in [1.165, 1.54) is 86.3 Å². The average molecular weight is 876 g/mol. The Morgan fingerprint density at radius 3 is 1.44 bits per heavy atom. The molecule has 4 heteroatoms. The van der Waals surface area contributed by atoms with Crippen molar-refractivity contribution >= 4 is 62.5 Å². The van der Waals surface area contributed by atoms with Crippen LogP contribution in [0.1, 0.15) is 44.5 Å². The van der Waals surface area contributed by atoms with Crippen LogP contribution in [0.5, 0.6) is 0 Å². The Bertz CT molecular complexity index is 3790. The normalized spacial score (nSPS) is 14.8. The monoisotopic (exact) mass is 875 g/mol. The van der Waals surface area contributed by atoms with Crippen molar-refractivity contribution in [2.75, 3.05) is 4.90 Å². The van der Waals surface area contributed by atoms with Crippen molar-refractivity contribution in [3.63, 3.8) is 0 Å². The average Bonchev–Trinajstić information content (AvgIpc) is 4.00. The molecule has 0 radical (unpaired) electrons. The third-order valence-electron chi connectivity index (χ3n) is 14.8. The van der Waals surface area contributed by atoms with Crippen LogP contribution in [-0.4, -0.2) is 0 Å². The summed E-state index contributed by atoms with van der Waals surface area (Å²) >= 11 is 3.77. The van der Waals surface area contributed by atoms with Gasteiger partial charge in [-0.1, -0.05) is 193 Å². The van der Waals surface area contributed by atoms with Gasteiger partial charge in [-0.2, -0.15) is 0 Å². The Labute approximate surface area is 391 Å². The quantitative estimate of drug-likeness (QED) is 0.176. The lowest BCUT2D eigenvalue weighted by atomic mass is 9.67. The summed E-state index contributed by atoms with van der Waals surface area (Å²) in [7, 11) is 0. The highest BCUT2D eigenvalue weighted by molar-refractivity contribution is 7.99. The number of rotatable bonds is 3. The van der Waals surface area contributed by atoms with Crippen LogP contribution in [-0.2, 0) is 10.8 Å². The van der Waals surface area contributed by atoms with Gasteiger partial charge in [0.25, 0.3) is 0 Å².